The molecule has 3 rings (SSSR count). The lowest BCUT2D eigenvalue weighted by molar-refractivity contribution is 0.180. The maximum absolute atomic E-state index is 12.7. The maximum atomic E-state index is 12.7. The minimum absolute atomic E-state index is 0.00543. The van der Waals surface area contributed by atoms with Crippen LogP contribution in [0.5, 0.6) is 0 Å². The summed E-state index contributed by atoms with van der Waals surface area (Å²) in [6, 6.07) is 11.6. The summed E-state index contributed by atoms with van der Waals surface area (Å²) in [4.78, 5) is 11.2. The van der Waals surface area contributed by atoms with Crippen LogP contribution in [0.15, 0.2) is 73.6 Å². The van der Waals surface area contributed by atoms with Gasteiger partial charge in [-0.15, -0.1) is 0 Å². The molecular weight excluding hydrogens is 432 g/mol. The summed E-state index contributed by atoms with van der Waals surface area (Å²) in [5.41, 5.74) is -0.0674. The summed E-state index contributed by atoms with van der Waals surface area (Å²) in [6.07, 6.45) is 0. The fourth-order valence-corrected chi connectivity index (χ4v) is 5.07. The van der Waals surface area contributed by atoms with E-state index in [-0.39, 0.29) is 27.7 Å². The van der Waals surface area contributed by atoms with Gasteiger partial charge in [0.1, 0.15) is 5.58 Å². The van der Waals surface area contributed by atoms with Gasteiger partial charge in [-0.2, -0.15) is 0 Å². The highest BCUT2D eigenvalue weighted by atomic mass is 32.2. The molecule has 2 N–H and O–H groups in total. The van der Waals surface area contributed by atoms with Crippen molar-refractivity contribution < 1.29 is 26.0 Å². The number of anilines is 1. The monoisotopic (exact) mass is 452 g/mol. The normalized spacial score (nSPS) is 13.3. The molecule has 0 aliphatic carbocycles. The van der Waals surface area contributed by atoms with Gasteiger partial charge in [-0.05, 0) is 55.5 Å². The Bertz CT molecular complexity index is 1310. The van der Waals surface area contributed by atoms with E-state index in [1.54, 1.807) is 6.92 Å². The average molecular weight is 453 g/mol. The van der Waals surface area contributed by atoms with Crippen LogP contribution in [0.25, 0.3) is 11.0 Å². The van der Waals surface area contributed by atoms with Gasteiger partial charge in [0.05, 0.1) is 16.4 Å². The van der Waals surface area contributed by atoms with Crippen LogP contribution in [0.2, 0.25) is 0 Å². The van der Waals surface area contributed by atoms with Crippen molar-refractivity contribution in [3.05, 3.63) is 65.0 Å². The Morgan fingerprint density at radius 2 is 1.60 bits per heavy atom. The molecular formula is C19H20N2O7S2. The number of fused-ring (bicyclic) bond motifs is 1. The van der Waals surface area contributed by atoms with Gasteiger partial charge in [0, 0.05) is 30.3 Å². The third kappa shape index (κ3) is 5.05. The second-order valence-corrected chi connectivity index (χ2v) is 9.96. The topological polar surface area (TPSA) is 132 Å². The average Bonchev–Trinajstić information content (AvgIpc) is 2.67. The molecule has 0 radical (unpaired) electrons. The van der Waals surface area contributed by atoms with Gasteiger partial charge in [0.15, 0.2) is 0 Å². The molecule has 3 aromatic rings. The van der Waals surface area contributed by atoms with Crippen LogP contribution in [-0.2, 0) is 24.8 Å². The number of ether oxygens (including phenoxy) is 1. The standard InChI is InChI=1S/C19H20N2O7S2/c1-13(12-27-2)20-29(23,24)16-6-4-15(5-7-16)21-30(25,26)17-8-9-18-14(11-17)3-10-19(22)28-18/h3-11,13,20-21H,12H2,1-2H3. The molecule has 0 aliphatic heterocycles. The number of rotatable bonds is 8. The summed E-state index contributed by atoms with van der Waals surface area (Å²) < 4.78 is 64.8. The van der Waals surface area contributed by atoms with E-state index in [1.165, 1.54) is 61.7 Å². The summed E-state index contributed by atoms with van der Waals surface area (Å²) in [6.45, 7) is 1.88. The lowest BCUT2D eigenvalue weighted by atomic mass is 10.2. The molecule has 11 heteroatoms. The van der Waals surface area contributed by atoms with Crippen molar-refractivity contribution in [2.75, 3.05) is 18.4 Å². The largest absolute Gasteiger partial charge is 0.423 e. The summed E-state index contributed by atoms with van der Waals surface area (Å²) in [5.74, 6) is 0. The lowest BCUT2D eigenvalue weighted by Gasteiger charge is -2.14. The van der Waals surface area contributed by atoms with Crippen molar-refractivity contribution in [2.24, 2.45) is 0 Å². The molecule has 0 aliphatic rings. The van der Waals surface area contributed by atoms with Crippen molar-refractivity contribution in [3.63, 3.8) is 0 Å². The second kappa shape index (κ2) is 8.56. The third-order valence-electron chi connectivity index (χ3n) is 4.09. The predicted octanol–water partition coefficient (Wildman–Crippen LogP) is 1.91. The van der Waals surface area contributed by atoms with E-state index in [2.05, 4.69) is 9.44 Å². The number of methoxy groups -OCH3 is 1. The van der Waals surface area contributed by atoms with Crippen LogP contribution in [0.1, 0.15) is 6.92 Å². The molecule has 1 heterocycles. The molecule has 0 spiro atoms. The number of benzene rings is 2. The number of hydrogen-bond donors (Lipinski definition) is 2. The Labute approximate surface area is 173 Å². The molecule has 2 aromatic carbocycles. The van der Waals surface area contributed by atoms with Gasteiger partial charge in [-0.1, -0.05) is 0 Å². The molecule has 0 saturated carbocycles. The molecule has 0 amide bonds. The first-order valence-corrected chi connectivity index (χ1v) is 11.8. The van der Waals surface area contributed by atoms with Gasteiger partial charge in [0.2, 0.25) is 10.0 Å². The molecule has 1 unspecified atom stereocenters. The Morgan fingerprint density at radius 1 is 0.933 bits per heavy atom. The van der Waals surface area contributed by atoms with Gasteiger partial charge in [-0.25, -0.2) is 26.4 Å². The van der Waals surface area contributed by atoms with E-state index < -0.39 is 31.7 Å². The summed E-state index contributed by atoms with van der Waals surface area (Å²) in [5, 5.41) is 0.454. The first-order chi connectivity index (χ1) is 14.1. The van der Waals surface area contributed by atoms with Crippen LogP contribution in [0.4, 0.5) is 5.69 Å². The third-order valence-corrected chi connectivity index (χ3v) is 7.08. The van der Waals surface area contributed by atoms with Crippen LogP contribution in [0.3, 0.4) is 0 Å². The van der Waals surface area contributed by atoms with Crippen LogP contribution in [-0.4, -0.2) is 36.6 Å². The highest BCUT2D eigenvalue weighted by Gasteiger charge is 2.19. The number of sulfonamides is 2. The molecule has 0 saturated heterocycles. The van der Waals surface area contributed by atoms with Crippen molar-refractivity contribution in [1.82, 2.24) is 4.72 Å². The summed E-state index contributed by atoms with van der Waals surface area (Å²) >= 11 is 0. The second-order valence-electron chi connectivity index (χ2n) is 6.56. The predicted molar refractivity (Wildman–Crippen MR) is 111 cm³/mol. The quantitative estimate of drug-likeness (QED) is 0.499. The molecule has 0 bridgehead atoms. The maximum Gasteiger partial charge on any atom is 0.336 e. The Hall–Kier alpha value is -2.73. The minimum Gasteiger partial charge on any atom is -0.423 e. The van der Waals surface area contributed by atoms with E-state index in [9.17, 15) is 21.6 Å². The molecule has 0 fully saturated rings. The van der Waals surface area contributed by atoms with Gasteiger partial charge < -0.3 is 9.15 Å². The smallest absolute Gasteiger partial charge is 0.336 e. The Kier molecular flexibility index (Phi) is 6.27. The molecule has 30 heavy (non-hydrogen) atoms. The van der Waals surface area contributed by atoms with E-state index >= 15 is 0 Å². The lowest BCUT2D eigenvalue weighted by Crippen LogP contribution is -2.35. The molecule has 1 atom stereocenters. The first kappa shape index (κ1) is 22.0. The van der Waals surface area contributed by atoms with E-state index in [1.807, 2.05) is 0 Å². The van der Waals surface area contributed by atoms with E-state index in [4.69, 9.17) is 9.15 Å². The van der Waals surface area contributed by atoms with Crippen molar-refractivity contribution in [3.8, 4) is 0 Å². The zero-order valence-corrected chi connectivity index (χ0v) is 17.8. The summed E-state index contributed by atoms with van der Waals surface area (Å²) in [7, 11) is -6.24. The highest BCUT2D eigenvalue weighted by Crippen LogP contribution is 2.22. The van der Waals surface area contributed by atoms with Gasteiger partial charge in [-0.3, -0.25) is 4.72 Å². The number of hydrogen-bond acceptors (Lipinski definition) is 7. The minimum atomic E-state index is -3.94. The highest BCUT2D eigenvalue weighted by molar-refractivity contribution is 7.92. The fourth-order valence-electron chi connectivity index (χ4n) is 2.75. The van der Waals surface area contributed by atoms with Crippen LogP contribution < -0.4 is 15.1 Å². The number of nitrogens with one attached hydrogen (secondary N) is 2. The zero-order chi connectivity index (χ0) is 21.9. The van der Waals surface area contributed by atoms with Crippen molar-refractivity contribution >= 4 is 36.7 Å². The molecule has 160 valence electrons. The molecule has 1 aromatic heterocycles. The SMILES string of the molecule is COCC(C)NS(=O)(=O)c1ccc(NS(=O)(=O)c2ccc3oc(=O)ccc3c2)cc1. The Balaban J connectivity index is 1.80. The van der Waals surface area contributed by atoms with Crippen molar-refractivity contribution in [1.29, 1.82) is 0 Å². The Morgan fingerprint density at radius 3 is 2.27 bits per heavy atom. The van der Waals surface area contributed by atoms with Crippen LogP contribution in [0, 0.1) is 0 Å². The van der Waals surface area contributed by atoms with Gasteiger partial charge in [0.25, 0.3) is 10.0 Å². The van der Waals surface area contributed by atoms with E-state index in [0.29, 0.717) is 5.39 Å². The van der Waals surface area contributed by atoms with Crippen molar-refractivity contribution in [2.45, 2.75) is 22.8 Å². The first-order valence-electron chi connectivity index (χ1n) is 8.79. The molecule has 9 nitrogen and oxygen atoms in total. The van der Waals surface area contributed by atoms with E-state index in [0.717, 1.165) is 0 Å². The fraction of sp³-hybridized carbons (Fsp3) is 0.211. The van der Waals surface area contributed by atoms with Gasteiger partial charge >= 0.3 is 5.63 Å². The van der Waals surface area contributed by atoms with Crippen LogP contribution >= 0.6 is 0 Å². The zero-order valence-electron chi connectivity index (χ0n) is 16.2.